The molecule has 0 aromatic heterocycles. The molecule has 108 valence electrons. The van der Waals surface area contributed by atoms with E-state index < -0.39 is 15.0 Å². The zero-order valence-electron chi connectivity index (χ0n) is 11.2. The Morgan fingerprint density at radius 1 is 1.11 bits per heavy atom. The van der Waals surface area contributed by atoms with E-state index in [4.69, 9.17) is 31.5 Å². The van der Waals surface area contributed by atoms with E-state index in [1.807, 2.05) is 0 Å². The summed E-state index contributed by atoms with van der Waals surface area (Å²) in [6.45, 7) is 4.37. The van der Waals surface area contributed by atoms with Crippen LogP contribution in [-0.2, 0) is 9.53 Å². The van der Waals surface area contributed by atoms with E-state index in [0.29, 0.717) is 11.0 Å². The molecule has 0 radical (unpaired) electrons. The van der Waals surface area contributed by atoms with E-state index in [0.717, 1.165) is 19.3 Å². The molecule has 0 saturated heterocycles. The fraction of sp³-hybridized carbons (Fsp3) is 0.917. The fourth-order valence-electron chi connectivity index (χ4n) is 1.84. The van der Waals surface area contributed by atoms with Crippen LogP contribution in [0.3, 0.4) is 0 Å². The molecule has 0 amide bonds. The number of ether oxygens (including phenoxy) is 1. The van der Waals surface area contributed by atoms with Gasteiger partial charge in [0.05, 0.1) is 0 Å². The Kier molecular flexibility index (Phi) is 11.6. The second kappa shape index (κ2) is 10.9. The van der Waals surface area contributed by atoms with Crippen LogP contribution in [-0.4, -0.2) is 27.6 Å². The van der Waals surface area contributed by atoms with Crippen molar-refractivity contribution in [2.75, 3.05) is 6.61 Å². The molecule has 0 aliphatic carbocycles. The molecule has 18 heavy (non-hydrogen) atoms. The second-order valence-electron chi connectivity index (χ2n) is 4.47. The third-order valence-corrected chi connectivity index (χ3v) is 8.59. The molecule has 1 atom stereocenters. The number of halogens is 3. The standard InChI is InChI=1S/C12H23O2.3ClH.Sn/c1-4-6-7-8-9-10-11(3)12(13)14-5-2;;;;/h11H,3-10H2,1-2H3;3*1H;/q;;;;+3/p-3. The summed E-state index contributed by atoms with van der Waals surface area (Å²) in [6, 6.07) is 0. The first-order valence-corrected chi connectivity index (χ1v) is 19.5. The van der Waals surface area contributed by atoms with Gasteiger partial charge in [0.1, 0.15) is 0 Å². The summed E-state index contributed by atoms with van der Waals surface area (Å²) in [5.41, 5.74) is 0. The first-order chi connectivity index (χ1) is 8.40. The number of carbonyl (C=O) groups is 1. The molecule has 0 aliphatic heterocycles. The van der Waals surface area contributed by atoms with Crippen LogP contribution in [0.5, 0.6) is 0 Å². The van der Waals surface area contributed by atoms with Crippen molar-refractivity contribution in [1.82, 2.24) is 0 Å². The average molecular weight is 424 g/mol. The molecular weight excluding hydrogens is 401 g/mol. The van der Waals surface area contributed by atoms with E-state index in [1.165, 1.54) is 19.3 Å². The van der Waals surface area contributed by atoms with Gasteiger partial charge in [-0.15, -0.1) is 0 Å². The maximum atomic E-state index is 11.8. The molecule has 0 saturated carbocycles. The molecule has 1 unspecified atom stereocenters. The van der Waals surface area contributed by atoms with E-state index in [2.05, 4.69) is 6.92 Å². The summed E-state index contributed by atoms with van der Waals surface area (Å²) in [6.07, 6.45) is 6.60. The molecule has 0 rings (SSSR count). The Hall–Kier alpha value is 1.14. The molecule has 0 aliphatic rings. The van der Waals surface area contributed by atoms with Crippen molar-refractivity contribution in [3.05, 3.63) is 0 Å². The van der Waals surface area contributed by atoms with Gasteiger partial charge in [-0.3, -0.25) is 0 Å². The summed E-state index contributed by atoms with van der Waals surface area (Å²) in [7, 11) is 17.9. The van der Waals surface area contributed by atoms with Crippen LogP contribution in [0.25, 0.3) is 0 Å². The molecule has 0 aromatic carbocycles. The Bertz CT molecular complexity index is 232. The summed E-state index contributed by atoms with van der Waals surface area (Å²) in [5.74, 6) is -0.411. The minimum absolute atomic E-state index is 0.198. The number of carbonyl (C=O) groups excluding carboxylic acids is 1. The van der Waals surface area contributed by atoms with Crippen molar-refractivity contribution in [3.63, 3.8) is 0 Å². The normalized spacial score (nSPS) is 13.4. The van der Waals surface area contributed by atoms with Gasteiger partial charge in [-0.05, 0) is 0 Å². The van der Waals surface area contributed by atoms with Crippen LogP contribution in [0, 0.1) is 5.92 Å². The van der Waals surface area contributed by atoms with Crippen LogP contribution in [0.1, 0.15) is 52.4 Å². The van der Waals surface area contributed by atoms with Gasteiger partial charge in [-0.1, -0.05) is 0 Å². The first-order valence-electron chi connectivity index (χ1n) is 6.64. The Balaban J connectivity index is 4.09. The third kappa shape index (κ3) is 11.0. The second-order valence-corrected chi connectivity index (χ2v) is 26.0. The third-order valence-electron chi connectivity index (χ3n) is 2.75. The van der Waals surface area contributed by atoms with E-state index in [9.17, 15) is 4.79 Å². The van der Waals surface area contributed by atoms with Gasteiger partial charge < -0.3 is 0 Å². The van der Waals surface area contributed by atoms with Crippen molar-refractivity contribution in [2.24, 2.45) is 5.92 Å². The van der Waals surface area contributed by atoms with Crippen LogP contribution in [0.15, 0.2) is 0 Å². The van der Waals surface area contributed by atoms with Gasteiger partial charge >= 0.3 is 127 Å². The van der Waals surface area contributed by atoms with Gasteiger partial charge in [0, 0.05) is 0 Å². The van der Waals surface area contributed by atoms with Crippen LogP contribution >= 0.6 is 26.8 Å². The van der Waals surface area contributed by atoms with Crippen molar-refractivity contribution < 1.29 is 9.53 Å². The number of esters is 1. The summed E-state index contributed by atoms with van der Waals surface area (Å²) < 4.78 is 5.48. The average Bonchev–Trinajstić information content (AvgIpc) is 2.26. The summed E-state index contributed by atoms with van der Waals surface area (Å²) in [5, 5.41) is 0. The zero-order valence-corrected chi connectivity index (χ0v) is 16.3. The quantitative estimate of drug-likeness (QED) is 0.274. The Morgan fingerprint density at radius 3 is 2.22 bits per heavy atom. The predicted octanol–water partition coefficient (Wildman–Crippen LogP) is 5.18. The molecule has 0 N–H and O–H groups in total. The van der Waals surface area contributed by atoms with Crippen molar-refractivity contribution in [1.29, 1.82) is 0 Å². The minimum atomic E-state index is -3.48. The molecule has 0 bridgehead atoms. The van der Waals surface area contributed by atoms with Gasteiger partial charge in [-0.2, -0.15) is 0 Å². The molecular formula is C12H23Cl3O2Sn. The van der Waals surface area contributed by atoms with Gasteiger partial charge in [0.15, 0.2) is 0 Å². The van der Waals surface area contributed by atoms with Gasteiger partial charge in [-0.25, -0.2) is 0 Å². The maximum absolute atomic E-state index is 11.8. The van der Waals surface area contributed by atoms with Crippen LogP contribution < -0.4 is 0 Å². The molecule has 0 heterocycles. The van der Waals surface area contributed by atoms with Crippen LogP contribution in [0.2, 0.25) is 4.44 Å². The van der Waals surface area contributed by atoms with Crippen molar-refractivity contribution >= 4 is 47.7 Å². The van der Waals surface area contributed by atoms with Gasteiger partial charge in [0.2, 0.25) is 0 Å². The topological polar surface area (TPSA) is 26.3 Å². The number of unbranched alkanes of at least 4 members (excludes halogenated alkanes) is 4. The first kappa shape index (κ1) is 19.1. The van der Waals surface area contributed by atoms with Gasteiger partial charge in [0.25, 0.3) is 0 Å². The molecule has 0 fully saturated rings. The number of hydrogen-bond acceptors (Lipinski definition) is 2. The molecule has 6 heteroatoms. The SMILES string of the molecule is CCCCCCCC([CH2][Sn]([Cl])([Cl])[Cl])C(=O)OCC. The van der Waals surface area contributed by atoms with Crippen molar-refractivity contribution in [3.8, 4) is 0 Å². The van der Waals surface area contributed by atoms with E-state index in [-0.39, 0.29) is 11.9 Å². The molecule has 0 spiro atoms. The number of rotatable bonds is 10. The monoisotopic (exact) mass is 424 g/mol. The predicted molar refractivity (Wildman–Crippen MR) is 81.6 cm³/mol. The van der Waals surface area contributed by atoms with Crippen molar-refractivity contribution in [2.45, 2.75) is 56.8 Å². The zero-order chi connectivity index (χ0) is 14.0. The Morgan fingerprint density at radius 2 is 1.72 bits per heavy atom. The van der Waals surface area contributed by atoms with Crippen LogP contribution in [0.4, 0.5) is 0 Å². The molecule has 0 aromatic rings. The molecule has 2 nitrogen and oxygen atoms in total. The fourth-order valence-corrected chi connectivity index (χ4v) is 8.24. The summed E-state index contributed by atoms with van der Waals surface area (Å²) >= 11 is -3.48. The van der Waals surface area contributed by atoms with E-state index >= 15 is 0 Å². The number of hydrogen-bond donors (Lipinski definition) is 0. The Labute approximate surface area is 126 Å². The summed E-state index contributed by atoms with van der Waals surface area (Å²) in [4.78, 5) is 11.8. The van der Waals surface area contributed by atoms with E-state index in [1.54, 1.807) is 6.92 Å².